The summed E-state index contributed by atoms with van der Waals surface area (Å²) < 4.78 is 18.5. The molecule has 1 rings (SSSR count). The summed E-state index contributed by atoms with van der Waals surface area (Å²) in [6.07, 6.45) is 1.42. The van der Waals surface area contributed by atoms with Gasteiger partial charge in [-0.05, 0) is 24.3 Å². The van der Waals surface area contributed by atoms with Gasteiger partial charge in [-0.1, -0.05) is 0 Å². The van der Waals surface area contributed by atoms with E-state index in [0.717, 1.165) is 5.69 Å². The molecule has 68 valence electrons. The Labute approximate surface area is 73.8 Å². The monoisotopic (exact) mass is 187 g/mol. The topological polar surface area (TPSA) is 52.5 Å². The number of rotatable bonds is 2. The summed E-state index contributed by atoms with van der Waals surface area (Å²) in [5, 5.41) is 2.95. The van der Waals surface area contributed by atoms with Crippen molar-refractivity contribution in [2.75, 3.05) is 18.6 Å². The fourth-order valence-corrected chi connectivity index (χ4v) is 1.53. The van der Waals surface area contributed by atoms with Crippen molar-refractivity contribution < 1.29 is 9.11 Å². The average Bonchev–Trinajstić information content (AvgIpc) is 2.03. The Balaban J connectivity index is 2.93. The van der Waals surface area contributed by atoms with E-state index in [-0.39, 0.29) is 0 Å². The van der Waals surface area contributed by atoms with Gasteiger partial charge < -0.3 is 5.32 Å². The Morgan fingerprint density at radius 2 is 1.67 bits per heavy atom. The summed E-state index contributed by atoms with van der Waals surface area (Å²) in [5.74, 6) is 0. The van der Waals surface area contributed by atoms with Gasteiger partial charge in [-0.25, -0.2) is 0 Å². The first-order valence-corrected chi connectivity index (χ1v) is 5.50. The van der Waals surface area contributed by atoms with Crippen LogP contribution in [0.25, 0.3) is 0 Å². The maximum absolute atomic E-state index is 9.27. The van der Waals surface area contributed by atoms with Crippen LogP contribution < -0.4 is 5.32 Å². The smallest absolute Gasteiger partial charge is 0.0582 e. The van der Waals surface area contributed by atoms with Crippen LogP contribution in [0.3, 0.4) is 0 Å². The van der Waals surface area contributed by atoms with E-state index in [0.29, 0.717) is 4.90 Å². The maximum atomic E-state index is 9.27. The quantitative estimate of drug-likeness (QED) is 0.666. The maximum Gasteiger partial charge on any atom is 0.0582 e. The number of nitrogens with one attached hydrogen (secondary N) is 1. The summed E-state index contributed by atoms with van der Waals surface area (Å²) >= 11 is 0. The van der Waals surface area contributed by atoms with Gasteiger partial charge in [0.1, 0.15) is 0 Å². The molecule has 0 heterocycles. The van der Waals surface area contributed by atoms with Crippen LogP contribution in [0.1, 0.15) is 0 Å². The van der Waals surface area contributed by atoms with Crippen molar-refractivity contribution >= 4 is 16.3 Å². The SMILES string of the molecule is CNc1ccc(S(C)(O)O)cc1. The molecule has 0 saturated heterocycles. The molecule has 0 unspecified atom stereocenters. The molecule has 0 aliphatic heterocycles. The highest BCUT2D eigenvalue weighted by Gasteiger charge is 2.06. The molecule has 0 atom stereocenters. The van der Waals surface area contributed by atoms with Crippen molar-refractivity contribution in [3.05, 3.63) is 24.3 Å². The van der Waals surface area contributed by atoms with Crippen molar-refractivity contribution in [2.45, 2.75) is 4.90 Å². The molecule has 12 heavy (non-hydrogen) atoms. The third-order valence-electron chi connectivity index (χ3n) is 1.59. The Kier molecular flexibility index (Phi) is 2.62. The predicted octanol–water partition coefficient (Wildman–Crippen LogP) is 2.47. The zero-order valence-corrected chi connectivity index (χ0v) is 7.93. The van der Waals surface area contributed by atoms with Gasteiger partial charge in [0, 0.05) is 19.0 Å². The summed E-state index contributed by atoms with van der Waals surface area (Å²) in [7, 11) is -0.737. The second kappa shape index (κ2) is 3.35. The molecular weight excluding hydrogens is 174 g/mol. The van der Waals surface area contributed by atoms with E-state index in [9.17, 15) is 9.11 Å². The van der Waals surface area contributed by atoms with Crippen LogP contribution in [0.5, 0.6) is 0 Å². The Morgan fingerprint density at radius 3 is 2.00 bits per heavy atom. The number of benzene rings is 1. The molecule has 0 radical (unpaired) electrons. The van der Waals surface area contributed by atoms with Gasteiger partial charge in [-0.15, -0.1) is 0 Å². The van der Waals surface area contributed by atoms with Crippen LogP contribution in [-0.2, 0) is 0 Å². The first kappa shape index (κ1) is 9.38. The minimum absolute atomic E-state index is 0.571. The van der Waals surface area contributed by atoms with Crippen LogP contribution in [0.2, 0.25) is 0 Å². The first-order chi connectivity index (χ1) is 5.54. The molecule has 0 aromatic heterocycles. The first-order valence-electron chi connectivity index (χ1n) is 3.55. The molecule has 0 saturated carbocycles. The third kappa shape index (κ3) is 2.14. The summed E-state index contributed by atoms with van der Waals surface area (Å²) in [4.78, 5) is 0.571. The Hall–Kier alpha value is -0.710. The lowest BCUT2D eigenvalue weighted by Crippen LogP contribution is -1.95. The minimum atomic E-state index is -2.56. The average molecular weight is 187 g/mol. The van der Waals surface area contributed by atoms with Crippen LogP contribution in [0.4, 0.5) is 5.69 Å². The van der Waals surface area contributed by atoms with Crippen LogP contribution in [0.15, 0.2) is 29.2 Å². The molecule has 0 bridgehead atoms. The summed E-state index contributed by atoms with van der Waals surface area (Å²) in [5.41, 5.74) is 0.961. The van der Waals surface area contributed by atoms with E-state index in [2.05, 4.69) is 5.32 Å². The van der Waals surface area contributed by atoms with Crippen molar-refractivity contribution in [3.8, 4) is 0 Å². The molecule has 3 N–H and O–H groups in total. The van der Waals surface area contributed by atoms with Crippen LogP contribution in [-0.4, -0.2) is 22.4 Å². The van der Waals surface area contributed by atoms with Gasteiger partial charge in [0.05, 0.1) is 4.90 Å². The standard InChI is InChI=1S/C8H13NO2S/c1-9-7-3-5-8(6-4-7)12(2,10)11/h3-6,9-11H,1-2H3. The zero-order chi connectivity index (χ0) is 9.19. The molecule has 4 heteroatoms. The van der Waals surface area contributed by atoms with Crippen molar-refractivity contribution in [1.29, 1.82) is 0 Å². The normalized spacial score (nSPS) is 12.7. The minimum Gasteiger partial charge on any atom is -0.388 e. The van der Waals surface area contributed by atoms with Crippen LogP contribution >= 0.6 is 10.6 Å². The van der Waals surface area contributed by atoms with Gasteiger partial charge in [0.25, 0.3) is 0 Å². The molecule has 3 nitrogen and oxygen atoms in total. The fourth-order valence-electron chi connectivity index (χ4n) is 0.879. The fraction of sp³-hybridized carbons (Fsp3) is 0.250. The zero-order valence-electron chi connectivity index (χ0n) is 7.11. The predicted molar refractivity (Wildman–Crippen MR) is 53.0 cm³/mol. The van der Waals surface area contributed by atoms with Crippen molar-refractivity contribution in [1.82, 2.24) is 0 Å². The second-order valence-electron chi connectivity index (χ2n) is 2.61. The van der Waals surface area contributed by atoms with E-state index >= 15 is 0 Å². The Morgan fingerprint density at radius 1 is 1.17 bits per heavy atom. The molecular formula is C8H13NO2S. The molecule has 0 aliphatic rings. The van der Waals surface area contributed by atoms with E-state index in [4.69, 9.17) is 0 Å². The summed E-state index contributed by atoms with van der Waals surface area (Å²) in [6, 6.07) is 7.04. The summed E-state index contributed by atoms with van der Waals surface area (Å²) in [6.45, 7) is 0. The molecule has 0 spiro atoms. The molecule has 0 fully saturated rings. The third-order valence-corrected chi connectivity index (χ3v) is 2.75. The largest absolute Gasteiger partial charge is 0.388 e. The lowest BCUT2D eigenvalue weighted by atomic mass is 10.3. The van der Waals surface area contributed by atoms with E-state index < -0.39 is 10.6 Å². The highest BCUT2D eigenvalue weighted by Crippen LogP contribution is 2.43. The van der Waals surface area contributed by atoms with Gasteiger partial charge in [-0.2, -0.15) is 10.6 Å². The van der Waals surface area contributed by atoms with E-state index in [1.165, 1.54) is 6.26 Å². The van der Waals surface area contributed by atoms with E-state index in [1.807, 2.05) is 19.2 Å². The van der Waals surface area contributed by atoms with Gasteiger partial charge in [-0.3, -0.25) is 9.11 Å². The van der Waals surface area contributed by atoms with E-state index in [1.54, 1.807) is 12.1 Å². The Bertz CT molecular complexity index is 253. The van der Waals surface area contributed by atoms with Crippen molar-refractivity contribution in [3.63, 3.8) is 0 Å². The number of hydrogen-bond acceptors (Lipinski definition) is 3. The highest BCUT2D eigenvalue weighted by atomic mass is 32.3. The number of hydrogen-bond donors (Lipinski definition) is 3. The number of anilines is 1. The van der Waals surface area contributed by atoms with Gasteiger partial charge in [0.2, 0.25) is 0 Å². The second-order valence-corrected chi connectivity index (χ2v) is 4.75. The molecule has 0 amide bonds. The highest BCUT2D eigenvalue weighted by molar-refractivity contribution is 8.23. The molecule has 1 aromatic rings. The van der Waals surface area contributed by atoms with Gasteiger partial charge in [0.15, 0.2) is 0 Å². The van der Waals surface area contributed by atoms with Gasteiger partial charge >= 0.3 is 0 Å². The molecule has 0 aliphatic carbocycles. The molecule has 1 aromatic carbocycles. The lowest BCUT2D eigenvalue weighted by molar-refractivity contribution is 0.495. The van der Waals surface area contributed by atoms with Crippen molar-refractivity contribution in [2.24, 2.45) is 0 Å². The lowest BCUT2D eigenvalue weighted by Gasteiger charge is -2.26. The van der Waals surface area contributed by atoms with Crippen LogP contribution in [0, 0.1) is 0 Å².